The monoisotopic (exact) mass is 245 g/mol. The second kappa shape index (κ2) is 4.91. The van der Waals surface area contributed by atoms with Gasteiger partial charge in [-0.15, -0.1) is 0 Å². The minimum Gasteiger partial charge on any atom is -0.478 e. The summed E-state index contributed by atoms with van der Waals surface area (Å²) in [6, 6.07) is 7.22. The topological polar surface area (TPSA) is 67.2 Å². The van der Waals surface area contributed by atoms with Crippen LogP contribution in [-0.4, -0.2) is 20.9 Å². The van der Waals surface area contributed by atoms with E-state index in [9.17, 15) is 4.79 Å². The fourth-order valence-corrected chi connectivity index (χ4v) is 1.75. The molecule has 2 N–H and O–H groups in total. The van der Waals surface area contributed by atoms with E-state index in [0.717, 1.165) is 11.3 Å². The van der Waals surface area contributed by atoms with Crippen LogP contribution in [0.15, 0.2) is 30.5 Å². The van der Waals surface area contributed by atoms with Crippen molar-refractivity contribution in [3.05, 3.63) is 47.3 Å². The highest BCUT2D eigenvalue weighted by Crippen LogP contribution is 2.18. The number of aromatic carboxylic acids is 1. The molecule has 2 rings (SSSR count). The van der Waals surface area contributed by atoms with E-state index in [4.69, 9.17) is 5.11 Å². The number of nitrogens with one attached hydrogen (secondary N) is 1. The predicted molar refractivity (Wildman–Crippen MR) is 68.7 cm³/mol. The number of rotatable bonds is 4. The Balaban J connectivity index is 2.19. The van der Waals surface area contributed by atoms with Gasteiger partial charge in [-0.25, -0.2) is 4.79 Å². The zero-order valence-corrected chi connectivity index (χ0v) is 10.3. The van der Waals surface area contributed by atoms with E-state index in [1.54, 1.807) is 23.0 Å². The summed E-state index contributed by atoms with van der Waals surface area (Å²) in [7, 11) is 1.85. The number of aryl methyl sites for hydroxylation is 2. The highest BCUT2D eigenvalue weighted by atomic mass is 16.4. The zero-order valence-electron chi connectivity index (χ0n) is 10.3. The van der Waals surface area contributed by atoms with E-state index in [2.05, 4.69) is 10.4 Å². The molecule has 1 heterocycles. The van der Waals surface area contributed by atoms with Crippen LogP contribution in [0.2, 0.25) is 0 Å². The van der Waals surface area contributed by atoms with Crippen LogP contribution in [0.4, 0.5) is 5.69 Å². The summed E-state index contributed by atoms with van der Waals surface area (Å²) in [5, 5.41) is 16.3. The van der Waals surface area contributed by atoms with E-state index in [-0.39, 0.29) is 5.56 Å². The van der Waals surface area contributed by atoms with Crippen LogP contribution < -0.4 is 5.32 Å². The summed E-state index contributed by atoms with van der Waals surface area (Å²) < 4.78 is 1.75. The molecule has 5 nitrogen and oxygen atoms in total. The Kier molecular flexibility index (Phi) is 3.32. The van der Waals surface area contributed by atoms with Crippen LogP contribution >= 0.6 is 0 Å². The largest absolute Gasteiger partial charge is 0.478 e. The van der Waals surface area contributed by atoms with Crippen LogP contribution in [0, 0.1) is 6.92 Å². The first-order valence-electron chi connectivity index (χ1n) is 5.62. The van der Waals surface area contributed by atoms with Crippen LogP contribution in [0.5, 0.6) is 0 Å². The van der Waals surface area contributed by atoms with Gasteiger partial charge in [-0.3, -0.25) is 4.68 Å². The molecule has 0 radical (unpaired) electrons. The van der Waals surface area contributed by atoms with Crippen molar-refractivity contribution < 1.29 is 9.90 Å². The van der Waals surface area contributed by atoms with Gasteiger partial charge in [-0.05, 0) is 25.1 Å². The maximum atomic E-state index is 11.1. The molecule has 0 saturated carbocycles. The molecule has 0 saturated heterocycles. The second-order valence-corrected chi connectivity index (χ2v) is 4.15. The maximum Gasteiger partial charge on any atom is 0.337 e. The quantitative estimate of drug-likeness (QED) is 0.865. The van der Waals surface area contributed by atoms with Gasteiger partial charge in [0, 0.05) is 18.9 Å². The Labute approximate surface area is 105 Å². The Morgan fingerprint density at radius 2 is 2.22 bits per heavy atom. The summed E-state index contributed by atoms with van der Waals surface area (Å²) in [6.07, 6.45) is 1.71. The first-order chi connectivity index (χ1) is 8.58. The van der Waals surface area contributed by atoms with Gasteiger partial charge in [0.1, 0.15) is 0 Å². The molecular weight excluding hydrogens is 230 g/mol. The first kappa shape index (κ1) is 12.2. The lowest BCUT2D eigenvalue weighted by atomic mass is 10.1. The van der Waals surface area contributed by atoms with Crippen LogP contribution in [0.1, 0.15) is 21.6 Å². The van der Waals surface area contributed by atoms with E-state index in [1.807, 2.05) is 26.1 Å². The minimum atomic E-state index is -0.925. The molecule has 2 aromatic rings. The molecule has 94 valence electrons. The normalized spacial score (nSPS) is 10.3. The molecule has 0 fully saturated rings. The van der Waals surface area contributed by atoms with E-state index in [0.29, 0.717) is 12.2 Å². The van der Waals surface area contributed by atoms with Gasteiger partial charge in [0.25, 0.3) is 0 Å². The number of aromatic nitrogens is 2. The van der Waals surface area contributed by atoms with Crippen molar-refractivity contribution in [2.45, 2.75) is 13.5 Å². The third-order valence-corrected chi connectivity index (χ3v) is 2.79. The van der Waals surface area contributed by atoms with Crippen LogP contribution in [-0.2, 0) is 13.6 Å². The molecular formula is C13H15N3O2. The summed E-state index contributed by atoms with van der Waals surface area (Å²) >= 11 is 0. The fraction of sp³-hybridized carbons (Fsp3) is 0.231. The molecule has 0 spiro atoms. The molecule has 18 heavy (non-hydrogen) atoms. The number of carboxylic acids is 1. The van der Waals surface area contributed by atoms with Crippen molar-refractivity contribution in [3.63, 3.8) is 0 Å². The smallest absolute Gasteiger partial charge is 0.337 e. The summed E-state index contributed by atoms with van der Waals surface area (Å²) in [5.74, 6) is -0.925. The van der Waals surface area contributed by atoms with Gasteiger partial charge in [-0.2, -0.15) is 5.10 Å². The molecule has 1 aromatic heterocycles. The third kappa shape index (κ3) is 2.51. The summed E-state index contributed by atoms with van der Waals surface area (Å²) in [5.41, 5.74) is 2.83. The number of nitrogens with zero attached hydrogens (tertiary/aromatic N) is 2. The van der Waals surface area contributed by atoms with Gasteiger partial charge in [-0.1, -0.05) is 11.6 Å². The molecule has 0 aliphatic rings. The van der Waals surface area contributed by atoms with E-state index >= 15 is 0 Å². The van der Waals surface area contributed by atoms with Crippen molar-refractivity contribution in [1.82, 2.24) is 9.78 Å². The lowest BCUT2D eigenvalue weighted by Gasteiger charge is -2.10. The predicted octanol–water partition coefficient (Wildman–Crippen LogP) is 2.04. The van der Waals surface area contributed by atoms with Gasteiger partial charge >= 0.3 is 5.97 Å². The number of carbonyl (C=O) groups is 1. The first-order valence-corrected chi connectivity index (χ1v) is 5.62. The van der Waals surface area contributed by atoms with Crippen molar-refractivity contribution >= 4 is 11.7 Å². The average molecular weight is 245 g/mol. The molecule has 0 atom stereocenters. The van der Waals surface area contributed by atoms with Crippen molar-refractivity contribution in [2.75, 3.05) is 5.32 Å². The van der Waals surface area contributed by atoms with Crippen molar-refractivity contribution in [3.8, 4) is 0 Å². The minimum absolute atomic E-state index is 0.289. The Morgan fingerprint density at radius 3 is 2.83 bits per heavy atom. The van der Waals surface area contributed by atoms with E-state index in [1.165, 1.54) is 0 Å². The molecule has 0 unspecified atom stereocenters. The molecule has 0 aliphatic heterocycles. The molecule has 0 bridgehead atoms. The number of benzene rings is 1. The highest BCUT2D eigenvalue weighted by molar-refractivity contribution is 5.94. The Hall–Kier alpha value is -2.30. The summed E-state index contributed by atoms with van der Waals surface area (Å²) in [4.78, 5) is 11.1. The maximum absolute atomic E-state index is 11.1. The van der Waals surface area contributed by atoms with Gasteiger partial charge < -0.3 is 10.4 Å². The summed E-state index contributed by atoms with van der Waals surface area (Å²) in [6.45, 7) is 2.41. The standard InChI is InChI=1S/C13H15N3O2/c1-9-3-4-12(11(7-9)13(17)18)14-8-10-5-6-15-16(10)2/h3-7,14H,8H2,1-2H3,(H,17,18). The van der Waals surface area contributed by atoms with Crippen molar-refractivity contribution in [2.24, 2.45) is 7.05 Å². The van der Waals surface area contributed by atoms with Gasteiger partial charge in [0.05, 0.1) is 17.8 Å². The average Bonchev–Trinajstić information content (AvgIpc) is 2.73. The molecule has 5 heteroatoms. The molecule has 0 aliphatic carbocycles. The van der Waals surface area contributed by atoms with Gasteiger partial charge in [0.15, 0.2) is 0 Å². The second-order valence-electron chi connectivity index (χ2n) is 4.15. The number of anilines is 1. The lowest BCUT2D eigenvalue weighted by molar-refractivity contribution is 0.0698. The number of hydrogen-bond acceptors (Lipinski definition) is 3. The lowest BCUT2D eigenvalue weighted by Crippen LogP contribution is -2.09. The highest BCUT2D eigenvalue weighted by Gasteiger charge is 2.10. The Morgan fingerprint density at radius 1 is 1.44 bits per heavy atom. The number of carboxylic acid groups (broad SMARTS) is 1. The Bertz CT molecular complexity index is 575. The van der Waals surface area contributed by atoms with E-state index < -0.39 is 5.97 Å². The SMILES string of the molecule is Cc1ccc(NCc2ccnn2C)c(C(=O)O)c1. The van der Waals surface area contributed by atoms with Crippen LogP contribution in [0.25, 0.3) is 0 Å². The van der Waals surface area contributed by atoms with Gasteiger partial charge in [0.2, 0.25) is 0 Å². The van der Waals surface area contributed by atoms with Crippen molar-refractivity contribution in [1.29, 1.82) is 0 Å². The third-order valence-electron chi connectivity index (χ3n) is 2.79. The molecule has 0 amide bonds. The zero-order chi connectivity index (χ0) is 13.1. The fourth-order valence-electron chi connectivity index (χ4n) is 1.75. The number of hydrogen-bond donors (Lipinski definition) is 2. The van der Waals surface area contributed by atoms with Crippen LogP contribution in [0.3, 0.4) is 0 Å². The molecule has 1 aromatic carbocycles.